The predicted octanol–water partition coefficient (Wildman–Crippen LogP) is 1.72. The van der Waals surface area contributed by atoms with Gasteiger partial charge in [-0.15, -0.1) is 0 Å². The molecule has 3 aromatic carbocycles. The molecule has 0 amide bonds. The smallest absolute Gasteiger partial charge is 0.352 e. The number of methoxy groups -OCH3 is 2. The number of para-hydroxylation sites is 2. The van der Waals surface area contributed by atoms with Crippen molar-refractivity contribution in [3.63, 3.8) is 0 Å². The molecule has 0 saturated carbocycles. The first-order chi connectivity index (χ1) is 20.4. The Kier molecular flexibility index (Phi) is 5.78. The summed E-state index contributed by atoms with van der Waals surface area (Å²) in [4.78, 5) is 55.3. The normalized spacial score (nSPS) is 17.1. The van der Waals surface area contributed by atoms with E-state index in [4.69, 9.17) is 9.47 Å². The Morgan fingerprint density at radius 1 is 0.643 bits per heavy atom. The number of rotatable bonds is 5. The van der Waals surface area contributed by atoms with Crippen LogP contribution in [-0.2, 0) is 13.1 Å². The lowest BCUT2D eigenvalue weighted by molar-refractivity contribution is 0.245. The van der Waals surface area contributed by atoms with Gasteiger partial charge in [-0.2, -0.15) is 0 Å². The van der Waals surface area contributed by atoms with Crippen molar-refractivity contribution in [1.82, 2.24) is 27.9 Å². The largest absolute Gasteiger partial charge is 0.493 e. The van der Waals surface area contributed by atoms with E-state index in [1.807, 2.05) is 6.08 Å². The number of nitrogens with zero attached hydrogens (tertiary/aromatic N) is 6. The van der Waals surface area contributed by atoms with E-state index in [-0.39, 0.29) is 13.1 Å². The van der Waals surface area contributed by atoms with Crippen LogP contribution >= 0.6 is 0 Å². The molecule has 4 heterocycles. The van der Waals surface area contributed by atoms with E-state index in [1.165, 1.54) is 32.9 Å². The number of ether oxygens (including phenoxy) is 2. The SMILES string of the molecule is COc1ccc([C@H]2C3=CCn4c(=O)n(-c5ccccc5)c(=O)n4[C@@H]3Cn3c(=O)n(-c4ccccc4)c(=O)n32)cc1OC. The zero-order valence-electron chi connectivity index (χ0n) is 22.8. The number of aromatic nitrogens is 6. The summed E-state index contributed by atoms with van der Waals surface area (Å²) in [6.45, 7) is 0.0869. The highest BCUT2D eigenvalue weighted by Crippen LogP contribution is 2.41. The van der Waals surface area contributed by atoms with Crippen molar-refractivity contribution in [2.24, 2.45) is 0 Å². The zero-order chi connectivity index (χ0) is 29.1. The number of benzene rings is 3. The maximum absolute atomic E-state index is 14.0. The summed E-state index contributed by atoms with van der Waals surface area (Å²) < 4.78 is 18.8. The summed E-state index contributed by atoms with van der Waals surface area (Å²) >= 11 is 0. The lowest BCUT2D eigenvalue weighted by atomic mass is 9.90. The minimum Gasteiger partial charge on any atom is -0.493 e. The van der Waals surface area contributed by atoms with E-state index < -0.39 is 34.8 Å². The minimum atomic E-state index is -0.774. The van der Waals surface area contributed by atoms with Crippen LogP contribution in [0.5, 0.6) is 11.5 Å². The van der Waals surface area contributed by atoms with Gasteiger partial charge in [0.15, 0.2) is 11.5 Å². The van der Waals surface area contributed by atoms with Crippen molar-refractivity contribution in [3.05, 3.63) is 138 Å². The monoisotopic (exact) mass is 566 g/mol. The van der Waals surface area contributed by atoms with E-state index in [2.05, 4.69) is 0 Å². The summed E-state index contributed by atoms with van der Waals surface area (Å²) in [6, 6.07) is 21.2. The van der Waals surface area contributed by atoms with Gasteiger partial charge in [0, 0.05) is 0 Å². The van der Waals surface area contributed by atoms with Gasteiger partial charge in [0.2, 0.25) is 0 Å². The molecule has 0 aliphatic carbocycles. The Balaban J connectivity index is 1.50. The topological polar surface area (TPSA) is 116 Å². The number of fused-ring (bicyclic) bond motifs is 4. The molecule has 0 radical (unpaired) electrons. The molecule has 0 unspecified atom stereocenters. The highest BCUT2D eigenvalue weighted by atomic mass is 16.5. The first-order valence-electron chi connectivity index (χ1n) is 13.4. The average molecular weight is 567 g/mol. The second-order valence-corrected chi connectivity index (χ2v) is 10.1. The van der Waals surface area contributed by atoms with E-state index >= 15 is 0 Å². The molecule has 12 nitrogen and oxygen atoms in total. The van der Waals surface area contributed by atoms with Crippen molar-refractivity contribution < 1.29 is 9.47 Å². The van der Waals surface area contributed by atoms with Crippen molar-refractivity contribution in [1.29, 1.82) is 0 Å². The van der Waals surface area contributed by atoms with Gasteiger partial charge in [0.1, 0.15) is 6.04 Å². The Bertz CT molecular complexity index is 2110. The van der Waals surface area contributed by atoms with Crippen LogP contribution in [0, 0.1) is 0 Å². The molecule has 42 heavy (non-hydrogen) atoms. The molecule has 5 aromatic rings. The van der Waals surface area contributed by atoms with E-state index in [9.17, 15) is 19.2 Å². The Morgan fingerprint density at radius 2 is 1.21 bits per heavy atom. The Hall–Kier alpha value is -5.52. The standard InChI is InChI=1S/C30H26N6O6/c1-41-24-14-13-19(17-25(24)42-2)26-22-15-16-31-27(37)33(20-9-5-3-6-10-20)29(39)35(31)23(22)18-32-28(38)34(30(40)36(26)32)21-11-7-4-8-12-21/h3-15,17,23,26H,16,18H2,1-2H3/t23-,26+/m1/s1. The van der Waals surface area contributed by atoms with Gasteiger partial charge >= 0.3 is 22.8 Å². The summed E-state index contributed by atoms with van der Waals surface area (Å²) in [5.41, 5.74) is 0.140. The second kappa shape index (κ2) is 9.54. The van der Waals surface area contributed by atoms with Gasteiger partial charge in [-0.05, 0) is 47.5 Å². The highest BCUT2D eigenvalue weighted by Gasteiger charge is 2.41. The molecule has 212 valence electrons. The molecule has 0 saturated heterocycles. The second-order valence-electron chi connectivity index (χ2n) is 10.1. The highest BCUT2D eigenvalue weighted by molar-refractivity contribution is 5.46. The van der Waals surface area contributed by atoms with Crippen molar-refractivity contribution in [2.45, 2.75) is 25.2 Å². The van der Waals surface area contributed by atoms with Gasteiger partial charge in [-0.25, -0.2) is 47.0 Å². The molecule has 2 aromatic heterocycles. The van der Waals surface area contributed by atoms with Crippen LogP contribution in [-0.4, -0.2) is 42.1 Å². The molecular weight excluding hydrogens is 540 g/mol. The van der Waals surface area contributed by atoms with Crippen LogP contribution in [0.2, 0.25) is 0 Å². The fraction of sp³-hybridized carbons (Fsp3) is 0.200. The lowest BCUT2D eigenvalue weighted by Gasteiger charge is -2.37. The molecule has 12 heteroatoms. The van der Waals surface area contributed by atoms with Crippen molar-refractivity contribution in [3.8, 4) is 22.9 Å². The van der Waals surface area contributed by atoms with Gasteiger partial charge in [-0.1, -0.05) is 48.5 Å². The Morgan fingerprint density at radius 3 is 1.81 bits per heavy atom. The number of hydrogen-bond donors (Lipinski definition) is 0. The number of hydrogen-bond acceptors (Lipinski definition) is 6. The van der Waals surface area contributed by atoms with Crippen LogP contribution in [0.3, 0.4) is 0 Å². The molecule has 0 fully saturated rings. The predicted molar refractivity (Wildman–Crippen MR) is 153 cm³/mol. The summed E-state index contributed by atoms with van der Waals surface area (Å²) in [5.74, 6) is 0.949. The van der Waals surface area contributed by atoms with Crippen LogP contribution in [0.4, 0.5) is 0 Å². The first-order valence-corrected chi connectivity index (χ1v) is 13.4. The van der Waals surface area contributed by atoms with Crippen molar-refractivity contribution in [2.75, 3.05) is 14.2 Å². The molecule has 0 bridgehead atoms. The van der Waals surface area contributed by atoms with Crippen LogP contribution in [0.15, 0.2) is 110 Å². The van der Waals surface area contributed by atoms with Crippen LogP contribution < -0.4 is 32.2 Å². The maximum atomic E-state index is 14.0. The fourth-order valence-electron chi connectivity index (χ4n) is 6.08. The average Bonchev–Trinajstić information content (AvgIpc) is 3.44. The van der Waals surface area contributed by atoms with E-state index in [0.29, 0.717) is 34.0 Å². The Labute approximate surface area is 237 Å². The summed E-state index contributed by atoms with van der Waals surface area (Å²) in [5, 5.41) is 0. The summed E-state index contributed by atoms with van der Waals surface area (Å²) in [6.07, 6.45) is 1.86. The molecule has 2 atom stereocenters. The minimum absolute atomic E-state index is 0.0261. The van der Waals surface area contributed by atoms with Gasteiger partial charge in [-0.3, -0.25) is 0 Å². The summed E-state index contributed by atoms with van der Waals surface area (Å²) in [7, 11) is 3.05. The van der Waals surface area contributed by atoms with Gasteiger partial charge in [0.05, 0.1) is 44.7 Å². The fourth-order valence-corrected chi connectivity index (χ4v) is 6.08. The maximum Gasteiger partial charge on any atom is 0.352 e. The molecule has 2 aliphatic heterocycles. The molecule has 0 spiro atoms. The molecular formula is C30H26N6O6. The molecule has 7 rings (SSSR count). The van der Waals surface area contributed by atoms with E-state index in [1.54, 1.807) is 78.9 Å². The lowest BCUT2D eigenvalue weighted by Crippen LogP contribution is -2.46. The third kappa shape index (κ3) is 3.54. The third-order valence-electron chi connectivity index (χ3n) is 7.96. The third-order valence-corrected chi connectivity index (χ3v) is 7.96. The van der Waals surface area contributed by atoms with Gasteiger partial charge in [0.25, 0.3) is 0 Å². The zero-order valence-corrected chi connectivity index (χ0v) is 22.8. The quantitative estimate of drug-likeness (QED) is 0.299. The van der Waals surface area contributed by atoms with E-state index in [0.717, 1.165) is 9.13 Å². The van der Waals surface area contributed by atoms with Crippen molar-refractivity contribution >= 4 is 0 Å². The molecule has 2 aliphatic rings. The van der Waals surface area contributed by atoms with Gasteiger partial charge < -0.3 is 9.47 Å². The molecule has 0 N–H and O–H groups in total. The van der Waals surface area contributed by atoms with Crippen LogP contribution in [0.1, 0.15) is 17.6 Å². The van der Waals surface area contributed by atoms with Crippen LogP contribution in [0.25, 0.3) is 11.4 Å². The number of allylic oxidation sites excluding steroid dienone is 2. The first kappa shape index (κ1) is 25.4.